The first kappa shape index (κ1) is 26.0. The number of hydrogen-bond donors (Lipinski definition) is 2. The number of fused-ring (bicyclic) bond motifs is 1. The Hall–Kier alpha value is -0.0800. The molecule has 0 aromatic carbocycles. The van der Waals surface area contributed by atoms with Crippen LogP contribution in [-0.4, -0.2) is 18.3 Å². The molecular formula is C26H53NO. The van der Waals surface area contributed by atoms with Crippen molar-refractivity contribution in [3.05, 3.63) is 0 Å². The van der Waals surface area contributed by atoms with Gasteiger partial charge in [-0.15, -0.1) is 0 Å². The normalized spacial score (nSPS) is 33.8. The number of nitrogens with two attached hydrogens (primary N) is 1. The molecule has 28 heavy (non-hydrogen) atoms. The lowest BCUT2D eigenvalue weighted by atomic mass is 9.52. The van der Waals surface area contributed by atoms with Crippen LogP contribution in [0, 0.1) is 40.4 Å². The van der Waals surface area contributed by atoms with E-state index < -0.39 is 0 Å². The molecule has 0 amide bonds. The molecule has 6 atom stereocenters. The molecule has 0 bridgehead atoms. The fourth-order valence-electron chi connectivity index (χ4n) is 7.03. The summed E-state index contributed by atoms with van der Waals surface area (Å²) in [7, 11) is 0. The third kappa shape index (κ3) is 5.75. The van der Waals surface area contributed by atoms with Crippen molar-refractivity contribution < 1.29 is 5.11 Å². The second kappa shape index (κ2) is 11.9. The van der Waals surface area contributed by atoms with E-state index in [0.717, 1.165) is 49.0 Å². The van der Waals surface area contributed by atoms with Crippen molar-refractivity contribution in [2.45, 2.75) is 113 Å². The lowest BCUT2D eigenvalue weighted by molar-refractivity contribution is -0.0437. The third-order valence-electron chi connectivity index (χ3n) is 9.32. The van der Waals surface area contributed by atoms with Crippen molar-refractivity contribution in [2.24, 2.45) is 46.2 Å². The van der Waals surface area contributed by atoms with E-state index in [1.165, 1.54) is 51.4 Å². The van der Waals surface area contributed by atoms with Gasteiger partial charge in [-0.1, -0.05) is 67.7 Å². The van der Waals surface area contributed by atoms with E-state index in [1.54, 1.807) is 0 Å². The Labute approximate surface area is 177 Å². The maximum Gasteiger partial charge on any atom is 0.0430 e. The van der Waals surface area contributed by atoms with Crippen LogP contribution in [-0.2, 0) is 0 Å². The Balaban J connectivity index is 0.000000696. The van der Waals surface area contributed by atoms with Gasteiger partial charge in [-0.2, -0.15) is 0 Å². The van der Waals surface area contributed by atoms with E-state index in [-0.39, 0.29) is 0 Å². The molecule has 2 aliphatic carbocycles. The molecule has 2 rings (SSSR count). The van der Waals surface area contributed by atoms with Crippen LogP contribution in [0.4, 0.5) is 0 Å². The minimum Gasteiger partial charge on any atom is -0.396 e. The van der Waals surface area contributed by atoms with Crippen LogP contribution in [0.5, 0.6) is 0 Å². The summed E-state index contributed by atoms with van der Waals surface area (Å²) in [6.07, 6.45) is 13.2. The smallest absolute Gasteiger partial charge is 0.0430 e. The first-order chi connectivity index (χ1) is 13.2. The summed E-state index contributed by atoms with van der Waals surface area (Å²) in [5.41, 5.74) is 6.92. The summed E-state index contributed by atoms with van der Waals surface area (Å²) >= 11 is 0. The van der Waals surface area contributed by atoms with Gasteiger partial charge in [-0.05, 0) is 91.9 Å². The Bertz CT molecular complexity index is 417. The molecule has 2 heteroatoms. The summed E-state index contributed by atoms with van der Waals surface area (Å²) < 4.78 is 0. The fraction of sp³-hybridized carbons (Fsp3) is 1.00. The van der Waals surface area contributed by atoms with E-state index >= 15 is 0 Å². The highest BCUT2D eigenvalue weighted by Crippen LogP contribution is 2.63. The van der Waals surface area contributed by atoms with Gasteiger partial charge < -0.3 is 10.8 Å². The third-order valence-corrected chi connectivity index (χ3v) is 9.32. The van der Waals surface area contributed by atoms with Crippen LogP contribution in [0.2, 0.25) is 0 Å². The predicted molar refractivity (Wildman–Crippen MR) is 124 cm³/mol. The number of rotatable bonds is 9. The number of unbranched alkanes of at least 4 members (excludes halogenated alkanes) is 1. The molecule has 2 nitrogen and oxygen atoms in total. The van der Waals surface area contributed by atoms with Crippen LogP contribution in [0.1, 0.15) is 113 Å². The second-order valence-corrected chi connectivity index (χ2v) is 10.6. The molecule has 2 fully saturated rings. The van der Waals surface area contributed by atoms with Crippen LogP contribution >= 0.6 is 0 Å². The first-order valence-corrected chi connectivity index (χ1v) is 12.6. The largest absolute Gasteiger partial charge is 0.396 e. The lowest BCUT2D eigenvalue weighted by Crippen LogP contribution is -2.46. The molecule has 168 valence electrons. The fourth-order valence-corrected chi connectivity index (χ4v) is 7.03. The molecular weight excluding hydrogens is 342 g/mol. The Kier molecular flexibility index (Phi) is 11.1. The van der Waals surface area contributed by atoms with Crippen molar-refractivity contribution in [2.75, 3.05) is 13.2 Å². The summed E-state index contributed by atoms with van der Waals surface area (Å²) in [5, 5.41) is 8.07. The van der Waals surface area contributed by atoms with Gasteiger partial charge in [0.05, 0.1) is 0 Å². The Morgan fingerprint density at radius 1 is 1.11 bits per heavy atom. The van der Waals surface area contributed by atoms with Gasteiger partial charge in [0, 0.05) is 6.61 Å². The number of hydrogen-bond acceptors (Lipinski definition) is 2. The zero-order chi connectivity index (χ0) is 21.4. The highest BCUT2D eigenvalue weighted by molar-refractivity contribution is 5.04. The zero-order valence-electron chi connectivity index (χ0n) is 20.4. The zero-order valence-corrected chi connectivity index (χ0v) is 20.4. The molecule has 0 aromatic heterocycles. The maximum absolute atomic E-state index is 8.07. The van der Waals surface area contributed by atoms with Crippen LogP contribution in [0.15, 0.2) is 0 Å². The van der Waals surface area contributed by atoms with E-state index in [9.17, 15) is 0 Å². The summed E-state index contributed by atoms with van der Waals surface area (Å²) in [4.78, 5) is 0. The van der Waals surface area contributed by atoms with Crippen molar-refractivity contribution >= 4 is 0 Å². The Morgan fingerprint density at radius 2 is 1.75 bits per heavy atom. The molecule has 3 N–H and O–H groups in total. The van der Waals surface area contributed by atoms with Gasteiger partial charge >= 0.3 is 0 Å². The summed E-state index contributed by atoms with van der Waals surface area (Å²) in [6.45, 7) is 18.4. The van der Waals surface area contributed by atoms with E-state index in [0.29, 0.717) is 17.4 Å². The van der Waals surface area contributed by atoms with E-state index in [1.807, 2.05) is 0 Å². The van der Waals surface area contributed by atoms with Gasteiger partial charge in [-0.25, -0.2) is 0 Å². The standard InChI is InChI=1S/C22H43N.C4H10O/c1-7-21(5,8-2)19-13-14-22(6)18(16(3)10-9-15-23)11-12-20(22)17(19)4;1-2-3-4-5/h16-20H,7-15,23H2,1-6H3;5H,2-4H2,1H3/t16-,17?,18?,19?,20?,22?;/m1./s1. The molecule has 5 unspecified atom stereocenters. The first-order valence-electron chi connectivity index (χ1n) is 12.6. The van der Waals surface area contributed by atoms with E-state index in [2.05, 4.69) is 48.5 Å². The van der Waals surface area contributed by atoms with Gasteiger partial charge in [0.25, 0.3) is 0 Å². The predicted octanol–water partition coefficient (Wildman–Crippen LogP) is 7.05. The minimum absolute atomic E-state index is 0.344. The van der Waals surface area contributed by atoms with Crippen molar-refractivity contribution in [1.29, 1.82) is 0 Å². The van der Waals surface area contributed by atoms with Crippen LogP contribution < -0.4 is 5.73 Å². The molecule has 0 heterocycles. The second-order valence-electron chi connectivity index (χ2n) is 10.6. The maximum atomic E-state index is 8.07. The van der Waals surface area contributed by atoms with Crippen molar-refractivity contribution in [3.8, 4) is 0 Å². The average Bonchev–Trinajstić information content (AvgIpc) is 3.05. The van der Waals surface area contributed by atoms with E-state index in [4.69, 9.17) is 10.8 Å². The molecule has 2 aliphatic rings. The quantitative estimate of drug-likeness (QED) is 0.439. The molecule has 0 aromatic rings. The lowest BCUT2D eigenvalue weighted by Gasteiger charge is -2.53. The van der Waals surface area contributed by atoms with Crippen molar-refractivity contribution in [1.82, 2.24) is 0 Å². The van der Waals surface area contributed by atoms with Gasteiger partial charge in [0.1, 0.15) is 0 Å². The van der Waals surface area contributed by atoms with Gasteiger partial charge in [0.15, 0.2) is 0 Å². The summed E-state index contributed by atoms with van der Waals surface area (Å²) in [5.74, 6) is 4.61. The number of aliphatic hydroxyl groups is 1. The SMILES string of the molecule is CCC(C)(CC)C1CCC2(C)C(CCC2[C@H](C)CCCN)C1C.CCCCO. The van der Waals surface area contributed by atoms with Crippen molar-refractivity contribution in [3.63, 3.8) is 0 Å². The molecule has 0 radical (unpaired) electrons. The number of aliphatic hydroxyl groups excluding tert-OH is 1. The minimum atomic E-state index is 0.344. The molecule has 2 saturated carbocycles. The van der Waals surface area contributed by atoms with Crippen LogP contribution in [0.3, 0.4) is 0 Å². The average molecular weight is 396 g/mol. The topological polar surface area (TPSA) is 46.2 Å². The Morgan fingerprint density at radius 3 is 2.21 bits per heavy atom. The highest BCUT2D eigenvalue weighted by atomic mass is 16.2. The molecule has 0 saturated heterocycles. The summed E-state index contributed by atoms with van der Waals surface area (Å²) in [6, 6.07) is 0. The highest BCUT2D eigenvalue weighted by Gasteiger charge is 2.55. The van der Waals surface area contributed by atoms with Crippen LogP contribution in [0.25, 0.3) is 0 Å². The van der Waals surface area contributed by atoms with Gasteiger partial charge in [-0.3, -0.25) is 0 Å². The molecule has 0 aliphatic heterocycles. The molecule has 0 spiro atoms. The van der Waals surface area contributed by atoms with Gasteiger partial charge in [0.2, 0.25) is 0 Å². The monoisotopic (exact) mass is 395 g/mol.